The first-order valence-corrected chi connectivity index (χ1v) is 8.57. The largest absolute Gasteiger partial charge is 0.379 e. The summed E-state index contributed by atoms with van der Waals surface area (Å²) in [5, 5.41) is 0. The molecule has 0 amide bonds. The quantitative estimate of drug-likeness (QED) is 0.518. The van der Waals surface area contributed by atoms with Gasteiger partial charge in [-0.25, -0.2) is 0 Å². The first kappa shape index (κ1) is 18.2. The minimum Gasteiger partial charge on any atom is -0.379 e. The summed E-state index contributed by atoms with van der Waals surface area (Å²) >= 11 is 0. The van der Waals surface area contributed by atoms with E-state index < -0.39 is 0 Å². The second-order valence-corrected chi connectivity index (χ2v) is 7.01. The molecule has 0 aliphatic rings. The fraction of sp³-hybridized carbons (Fsp3) is 0.700. The van der Waals surface area contributed by atoms with Gasteiger partial charge in [-0.05, 0) is 51.5 Å². The summed E-state index contributed by atoms with van der Waals surface area (Å²) in [7, 11) is 1.82. The van der Waals surface area contributed by atoms with Crippen LogP contribution in [-0.2, 0) is 11.2 Å². The highest BCUT2D eigenvalue weighted by molar-refractivity contribution is 5.21. The van der Waals surface area contributed by atoms with E-state index in [1.54, 1.807) is 0 Å². The maximum Gasteiger partial charge on any atom is 0.0622 e. The first-order valence-electron chi connectivity index (χ1n) is 8.57. The van der Waals surface area contributed by atoms with Crippen molar-refractivity contribution in [1.29, 1.82) is 0 Å². The van der Waals surface area contributed by atoms with Crippen LogP contribution >= 0.6 is 0 Å². The number of rotatable bonds is 10. The Balaban J connectivity index is 2.23. The van der Waals surface area contributed by atoms with E-state index in [9.17, 15) is 0 Å². The molecular weight excluding hydrogens is 256 g/mol. The third-order valence-corrected chi connectivity index (χ3v) is 4.72. The smallest absolute Gasteiger partial charge is 0.0622 e. The van der Waals surface area contributed by atoms with Gasteiger partial charge in [0.1, 0.15) is 0 Å². The van der Waals surface area contributed by atoms with Crippen LogP contribution in [0.1, 0.15) is 70.4 Å². The molecule has 1 aromatic carbocycles. The third kappa shape index (κ3) is 7.66. The fourth-order valence-corrected chi connectivity index (χ4v) is 2.82. The number of ether oxygens (including phenoxy) is 1. The average Bonchev–Trinajstić information content (AvgIpc) is 2.47. The molecule has 0 aliphatic carbocycles. The molecule has 1 rings (SSSR count). The number of methoxy groups -OCH3 is 1. The van der Waals surface area contributed by atoms with Gasteiger partial charge < -0.3 is 4.74 Å². The molecule has 21 heavy (non-hydrogen) atoms. The van der Waals surface area contributed by atoms with Crippen molar-refractivity contribution in [1.82, 2.24) is 0 Å². The lowest BCUT2D eigenvalue weighted by Crippen LogP contribution is -2.22. The molecular formula is C20H34O. The topological polar surface area (TPSA) is 9.23 Å². The maximum absolute atomic E-state index is 5.50. The predicted molar refractivity (Wildman–Crippen MR) is 92.8 cm³/mol. The zero-order chi connectivity index (χ0) is 15.7. The zero-order valence-corrected chi connectivity index (χ0v) is 14.7. The van der Waals surface area contributed by atoms with Crippen LogP contribution in [0.2, 0.25) is 0 Å². The van der Waals surface area contributed by atoms with Crippen LogP contribution in [0.5, 0.6) is 0 Å². The molecule has 120 valence electrons. The lowest BCUT2D eigenvalue weighted by Gasteiger charge is -2.24. The lowest BCUT2D eigenvalue weighted by molar-refractivity contribution is 0.0125. The standard InChI is InChI=1S/C20H34O/c1-6-18(11-8-16-20(3,4)21-5)9-7-10-19-14-12-17(2)13-15-19/h12-15,18H,6-11,16H2,1-5H3. The number of aryl methyl sites for hydroxylation is 2. The molecule has 1 unspecified atom stereocenters. The Kier molecular flexibility index (Phi) is 8.03. The molecule has 0 saturated carbocycles. The highest BCUT2D eigenvalue weighted by Gasteiger charge is 2.16. The minimum atomic E-state index is 0.0419. The highest BCUT2D eigenvalue weighted by Crippen LogP contribution is 2.23. The van der Waals surface area contributed by atoms with Crippen molar-refractivity contribution in [2.45, 2.75) is 78.2 Å². The molecule has 0 aliphatic heterocycles. The Morgan fingerprint density at radius 1 is 1.05 bits per heavy atom. The van der Waals surface area contributed by atoms with E-state index in [1.807, 2.05) is 7.11 Å². The van der Waals surface area contributed by atoms with Crippen LogP contribution in [0.4, 0.5) is 0 Å². The highest BCUT2D eigenvalue weighted by atomic mass is 16.5. The molecule has 1 atom stereocenters. The molecule has 1 heteroatoms. The summed E-state index contributed by atoms with van der Waals surface area (Å²) in [6.45, 7) is 8.85. The van der Waals surface area contributed by atoms with Gasteiger partial charge in [0.2, 0.25) is 0 Å². The SMILES string of the molecule is CCC(CCCc1ccc(C)cc1)CCCC(C)(C)OC. The summed E-state index contributed by atoms with van der Waals surface area (Å²) in [6, 6.07) is 8.99. The monoisotopic (exact) mass is 290 g/mol. The van der Waals surface area contributed by atoms with Crippen molar-refractivity contribution >= 4 is 0 Å². The molecule has 0 spiro atoms. The van der Waals surface area contributed by atoms with Crippen LogP contribution in [0.25, 0.3) is 0 Å². The Morgan fingerprint density at radius 3 is 2.24 bits per heavy atom. The van der Waals surface area contributed by atoms with Crippen molar-refractivity contribution in [3.05, 3.63) is 35.4 Å². The van der Waals surface area contributed by atoms with Crippen LogP contribution in [0.15, 0.2) is 24.3 Å². The molecule has 0 fully saturated rings. The van der Waals surface area contributed by atoms with Gasteiger partial charge in [-0.1, -0.05) is 62.4 Å². The molecule has 0 heterocycles. The zero-order valence-electron chi connectivity index (χ0n) is 14.7. The summed E-state index contributed by atoms with van der Waals surface area (Å²) in [5.74, 6) is 0.878. The van der Waals surface area contributed by atoms with Crippen molar-refractivity contribution in [3.8, 4) is 0 Å². The lowest BCUT2D eigenvalue weighted by atomic mass is 9.90. The Bertz CT molecular complexity index is 377. The van der Waals surface area contributed by atoms with Gasteiger partial charge in [-0.3, -0.25) is 0 Å². The van der Waals surface area contributed by atoms with E-state index in [0.29, 0.717) is 0 Å². The van der Waals surface area contributed by atoms with Crippen molar-refractivity contribution in [2.75, 3.05) is 7.11 Å². The normalized spacial score (nSPS) is 13.4. The van der Waals surface area contributed by atoms with E-state index in [2.05, 4.69) is 52.0 Å². The average molecular weight is 290 g/mol. The van der Waals surface area contributed by atoms with E-state index in [4.69, 9.17) is 4.74 Å². The minimum absolute atomic E-state index is 0.0419. The third-order valence-electron chi connectivity index (χ3n) is 4.72. The van der Waals surface area contributed by atoms with Gasteiger partial charge in [-0.2, -0.15) is 0 Å². The molecule has 0 bridgehead atoms. The predicted octanol–water partition coefficient (Wildman–Crippen LogP) is 5.94. The number of benzene rings is 1. The molecule has 1 aromatic rings. The Hall–Kier alpha value is -0.820. The van der Waals surface area contributed by atoms with Crippen molar-refractivity contribution in [3.63, 3.8) is 0 Å². The molecule has 0 aromatic heterocycles. The van der Waals surface area contributed by atoms with Gasteiger partial charge in [0.15, 0.2) is 0 Å². The summed E-state index contributed by atoms with van der Waals surface area (Å²) in [6.07, 6.45) is 8.99. The first-order chi connectivity index (χ1) is 9.96. The number of hydrogen-bond acceptors (Lipinski definition) is 1. The van der Waals surface area contributed by atoms with Gasteiger partial charge >= 0.3 is 0 Å². The van der Waals surface area contributed by atoms with Crippen LogP contribution in [0, 0.1) is 12.8 Å². The van der Waals surface area contributed by atoms with E-state index in [-0.39, 0.29) is 5.60 Å². The second kappa shape index (κ2) is 9.25. The van der Waals surface area contributed by atoms with Gasteiger partial charge in [0.25, 0.3) is 0 Å². The van der Waals surface area contributed by atoms with E-state index >= 15 is 0 Å². The van der Waals surface area contributed by atoms with Crippen LogP contribution in [-0.4, -0.2) is 12.7 Å². The molecule has 0 N–H and O–H groups in total. The molecule has 0 saturated heterocycles. The molecule has 1 nitrogen and oxygen atoms in total. The van der Waals surface area contributed by atoms with Gasteiger partial charge in [-0.15, -0.1) is 0 Å². The van der Waals surface area contributed by atoms with Crippen LogP contribution < -0.4 is 0 Å². The van der Waals surface area contributed by atoms with E-state index in [1.165, 1.54) is 49.7 Å². The second-order valence-electron chi connectivity index (χ2n) is 7.01. The molecule has 0 radical (unpaired) electrons. The summed E-state index contributed by atoms with van der Waals surface area (Å²) < 4.78 is 5.50. The van der Waals surface area contributed by atoms with Crippen molar-refractivity contribution in [2.24, 2.45) is 5.92 Å². The Morgan fingerprint density at radius 2 is 1.67 bits per heavy atom. The van der Waals surface area contributed by atoms with Crippen molar-refractivity contribution < 1.29 is 4.74 Å². The van der Waals surface area contributed by atoms with Crippen LogP contribution in [0.3, 0.4) is 0 Å². The Labute approximate surface area is 132 Å². The number of hydrogen-bond donors (Lipinski definition) is 0. The maximum atomic E-state index is 5.50. The van der Waals surface area contributed by atoms with Gasteiger partial charge in [0, 0.05) is 7.11 Å². The fourth-order valence-electron chi connectivity index (χ4n) is 2.82. The summed E-state index contributed by atoms with van der Waals surface area (Å²) in [5.41, 5.74) is 2.88. The summed E-state index contributed by atoms with van der Waals surface area (Å²) in [4.78, 5) is 0. The van der Waals surface area contributed by atoms with Gasteiger partial charge in [0.05, 0.1) is 5.60 Å². The van der Waals surface area contributed by atoms with E-state index in [0.717, 1.165) is 12.3 Å².